The van der Waals surface area contributed by atoms with Gasteiger partial charge < -0.3 is 10.6 Å². The molecule has 3 amide bonds. The second-order valence-electron chi connectivity index (χ2n) is 3.44. The van der Waals surface area contributed by atoms with Crippen molar-refractivity contribution in [2.75, 3.05) is 5.75 Å². The summed E-state index contributed by atoms with van der Waals surface area (Å²) in [6.45, 7) is 2.71. The molecule has 0 saturated carbocycles. The zero-order valence-corrected chi connectivity index (χ0v) is 10.8. The Kier molecular flexibility index (Phi) is 3.04. The van der Waals surface area contributed by atoms with Crippen molar-refractivity contribution in [2.45, 2.75) is 18.2 Å². The predicted molar refractivity (Wildman–Crippen MR) is 64.7 cm³/mol. The number of amidine groups is 1. The van der Waals surface area contributed by atoms with E-state index in [1.807, 2.05) is 0 Å². The van der Waals surface area contributed by atoms with Crippen LogP contribution in [0.15, 0.2) is 5.10 Å². The molecule has 7 nitrogen and oxygen atoms in total. The number of nitrogens with one attached hydrogen (secondary N) is 2. The minimum Gasteiger partial charge on any atom is -0.313 e. The van der Waals surface area contributed by atoms with E-state index in [1.165, 1.54) is 30.6 Å². The normalized spacial score (nSPS) is 27.1. The largest absolute Gasteiger partial charge is 0.313 e. The van der Waals surface area contributed by atoms with E-state index in [0.717, 1.165) is 11.8 Å². The van der Waals surface area contributed by atoms with Crippen molar-refractivity contribution >= 4 is 46.4 Å². The van der Waals surface area contributed by atoms with Crippen LogP contribution in [0.2, 0.25) is 0 Å². The molecular formula is C8H10N4O3S2. The lowest BCUT2D eigenvalue weighted by Crippen LogP contribution is -2.49. The molecule has 1 atom stereocenters. The highest BCUT2D eigenvalue weighted by Gasteiger charge is 2.52. The van der Waals surface area contributed by atoms with Crippen LogP contribution in [0.5, 0.6) is 0 Å². The van der Waals surface area contributed by atoms with Crippen LogP contribution in [0.3, 0.4) is 0 Å². The molecule has 0 aromatic heterocycles. The summed E-state index contributed by atoms with van der Waals surface area (Å²) < 4.78 is -0.944. The molecule has 0 unspecified atom stereocenters. The van der Waals surface area contributed by atoms with Crippen molar-refractivity contribution in [2.24, 2.45) is 5.10 Å². The maximum absolute atomic E-state index is 11.5. The fourth-order valence-electron chi connectivity index (χ4n) is 1.41. The molecular weight excluding hydrogens is 264 g/mol. The topological polar surface area (TPSA) is 90.9 Å². The molecule has 0 aromatic carbocycles. The number of hydrazone groups is 1. The predicted octanol–water partition coefficient (Wildman–Crippen LogP) is -0.537. The van der Waals surface area contributed by atoms with Gasteiger partial charge in [0, 0.05) is 13.8 Å². The molecule has 1 saturated heterocycles. The van der Waals surface area contributed by atoms with Crippen LogP contribution in [-0.4, -0.2) is 38.0 Å². The lowest BCUT2D eigenvalue weighted by molar-refractivity contribution is -0.131. The van der Waals surface area contributed by atoms with Gasteiger partial charge >= 0.3 is 0 Å². The molecule has 1 spiro atoms. The lowest BCUT2D eigenvalue weighted by Gasteiger charge is -2.28. The van der Waals surface area contributed by atoms with Gasteiger partial charge in [-0.2, -0.15) is 5.01 Å². The molecule has 0 aromatic rings. The molecule has 92 valence electrons. The summed E-state index contributed by atoms with van der Waals surface area (Å²) in [5.74, 6) is -0.466. The smallest absolute Gasteiger partial charge is 0.243 e. The first-order valence-corrected chi connectivity index (χ1v) is 6.54. The number of amides is 3. The molecule has 2 heterocycles. The Bertz CT molecular complexity index is 438. The maximum Gasteiger partial charge on any atom is 0.243 e. The van der Waals surface area contributed by atoms with Crippen LogP contribution >= 0.6 is 23.5 Å². The zero-order valence-electron chi connectivity index (χ0n) is 9.14. The summed E-state index contributed by atoms with van der Waals surface area (Å²) in [6.07, 6.45) is 0. The van der Waals surface area contributed by atoms with Gasteiger partial charge in [-0.1, -0.05) is 11.8 Å². The molecule has 0 bridgehead atoms. The van der Waals surface area contributed by atoms with Crippen LogP contribution in [0.4, 0.5) is 0 Å². The lowest BCUT2D eigenvalue weighted by atomic mass is 10.6. The summed E-state index contributed by atoms with van der Waals surface area (Å²) in [5, 5.41) is 10.7. The van der Waals surface area contributed by atoms with Gasteiger partial charge in [-0.25, -0.2) is 0 Å². The third kappa shape index (κ3) is 2.25. The van der Waals surface area contributed by atoms with Crippen LogP contribution in [0.1, 0.15) is 13.8 Å². The number of hydrogen-bond acceptors (Lipinski definition) is 6. The van der Waals surface area contributed by atoms with Crippen molar-refractivity contribution in [3.05, 3.63) is 0 Å². The first-order chi connectivity index (χ1) is 7.93. The Morgan fingerprint density at radius 1 is 1.53 bits per heavy atom. The van der Waals surface area contributed by atoms with Crippen molar-refractivity contribution in [3.8, 4) is 0 Å². The number of carbonyl (C=O) groups excluding carboxylic acids is 3. The Labute approximate surface area is 106 Å². The van der Waals surface area contributed by atoms with Gasteiger partial charge in [0.25, 0.3) is 0 Å². The molecule has 2 rings (SSSR count). The highest BCUT2D eigenvalue weighted by atomic mass is 32.2. The highest BCUT2D eigenvalue weighted by Crippen LogP contribution is 2.46. The molecule has 9 heteroatoms. The average molecular weight is 274 g/mol. The number of rotatable bonds is 0. The van der Waals surface area contributed by atoms with Crippen molar-refractivity contribution in [1.82, 2.24) is 15.6 Å². The van der Waals surface area contributed by atoms with E-state index in [9.17, 15) is 14.4 Å². The summed E-state index contributed by atoms with van der Waals surface area (Å²) in [5.41, 5.74) is 0. The zero-order chi connectivity index (χ0) is 12.6. The molecule has 2 N–H and O–H groups in total. The number of thioether (sulfide) groups is 2. The van der Waals surface area contributed by atoms with E-state index < -0.39 is 4.33 Å². The summed E-state index contributed by atoms with van der Waals surface area (Å²) in [6, 6.07) is 0. The van der Waals surface area contributed by atoms with Gasteiger partial charge in [-0.15, -0.1) is 5.10 Å². The first kappa shape index (κ1) is 12.2. The van der Waals surface area contributed by atoms with Gasteiger partial charge in [0.05, 0.1) is 5.75 Å². The summed E-state index contributed by atoms with van der Waals surface area (Å²) in [4.78, 5) is 33.7. The summed E-state index contributed by atoms with van der Waals surface area (Å²) in [7, 11) is 0. The molecule has 1 fully saturated rings. The number of carbonyl (C=O) groups is 3. The van der Waals surface area contributed by atoms with Gasteiger partial charge in [0.1, 0.15) is 0 Å². The van der Waals surface area contributed by atoms with Crippen molar-refractivity contribution in [1.29, 1.82) is 0 Å². The number of hydrogen-bond donors (Lipinski definition) is 2. The fourth-order valence-corrected chi connectivity index (χ4v) is 3.94. The van der Waals surface area contributed by atoms with Crippen LogP contribution in [-0.2, 0) is 14.4 Å². The first-order valence-electron chi connectivity index (χ1n) is 4.74. The molecule has 17 heavy (non-hydrogen) atoms. The third-order valence-corrected chi connectivity index (χ3v) is 4.59. The second-order valence-corrected chi connectivity index (χ2v) is 6.05. The molecule has 2 aliphatic heterocycles. The van der Waals surface area contributed by atoms with Crippen LogP contribution in [0.25, 0.3) is 0 Å². The average Bonchev–Trinajstić information content (AvgIpc) is 2.71. The summed E-state index contributed by atoms with van der Waals surface area (Å²) >= 11 is 2.41. The number of nitrogens with zero attached hydrogens (tertiary/aromatic N) is 2. The van der Waals surface area contributed by atoms with E-state index in [1.54, 1.807) is 0 Å². The van der Waals surface area contributed by atoms with E-state index >= 15 is 0 Å². The maximum atomic E-state index is 11.5. The molecule has 0 radical (unpaired) electrons. The van der Waals surface area contributed by atoms with Crippen molar-refractivity contribution in [3.63, 3.8) is 0 Å². The van der Waals surface area contributed by atoms with E-state index in [4.69, 9.17) is 0 Å². The molecule has 2 aliphatic rings. The van der Waals surface area contributed by atoms with Gasteiger partial charge in [-0.3, -0.25) is 14.4 Å². The van der Waals surface area contributed by atoms with Gasteiger partial charge in [0.2, 0.25) is 22.0 Å². The van der Waals surface area contributed by atoms with E-state index in [2.05, 4.69) is 15.7 Å². The van der Waals surface area contributed by atoms with E-state index in [-0.39, 0.29) is 23.5 Å². The van der Waals surface area contributed by atoms with Crippen LogP contribution < -0.4 is 10.6 Å². The SMILES string of the molecule is CC(=O)NC1=NN(C(C)=O)[C@]2(NC(=O)CS2)S1. The quantitative estimate of drug-likeness (QED) is 0.619. The van der Waals surface area contributed by atoms with Gasteiger partial charge in [0.15, 0.2) is 5.17 Å². The molecule has 0 aliphatic carbocycles. The standard InChI is InChI=1S/C8H10N4O3S2/c1-4(13)9-7-11-12(5(2)14)8(17-7)10-6(15)3-16-8/h3H2,1-2H3,(H,10,15)(H,9,11,13)/t8-/m0/s1. The third-order valence-electron chi connectivity index (χ3n) is 1.98. The minimum absolute atomic E-state index is 0.159. The Morgan fingerprint density at radius 2 is 2.24 bits per heavy atom. The highest BCUT2D eigenvalue weighted by molar-refractivity contribution is 8.26. The Balaban J connectivity index is 2.23. The van der Waals surface area contributed by atoms with Crippen molar-refractivity contribution < 1.29 is 14.4 Å². The van der Waals surface area contributed by atoms with Gasteiger partial charge in [-0.05, 0) is 11.8 Å². The Morgan fingerprint density at radius 3 is 2.71 bits per heavy atom. The Hall–Kier alpha value is -1.22. The fraction of sp³-hybridized carbons (Fsp3) is 0.500. The monoisotopic (exact) mass is 274 g/mol. The minimum atomic E-state index is -0.944. The second kappa shape index (κ2) is 4.22. The van der Waals surface area contributed by atoms with Crippen LogP contribution in [0, 0.1) is 0 Å². The van der Waals surface area contributed by atoms with E-state index in [0.29, 0.717) is 5.17 Å².